The van der Waals surface area contributed by atoms with E-state index in [4.69, 9.17) is 5.73 Å². The first-order valence-corrected chi connectivity index (χ1v) is 7.12. The Kier molecular flexibility index (Phi) is 3.63. The molecule has 2 aromatic carbocycles. The average Bonchev–Trinajstić information content (AvgIpc) is 2.36. The Bertz CT molecular complexity index is 761. The molecule has 3 N–H and O–H groups in total. The molecule has 0 bridgehead atoms. The molecule has 0 fully saturated rings. The van der Waals surface area contributed by atoms with E-state index < -0.39 is 26.6 Å². The number of rotatable bonds is 3. The van der Waals surface area contributed by atoms with Crippen LogP contribution in [0.5, 0.6) is 0 Å². The van der Waals surface area contributed by atoms with Crippen molar-refractivity contribution in [1.82, 2.24) is 0 Å². The molecular formula is C13H12F2N2O2S. The van der Waals surface area contributed by atoms with Gasteiger partial charge in [-0.3, -0.25) is 4.72 Å². The van der Waals surface area contributed by atoms with E-state index in [-0.39, 0.29) is 11.4 Å². The third-order valence-electron chi connectivity index (χ3n) is 2.62. The van der Waals surface area contributed by atoms with Gasteiger partial charge in [-0.15, -0.1) is 0 Å². The molecule has 0 spiro atoms. The summed E-state index contributed by atoms with van der Waals surface area (Å²) in [4.78, 5) is -0.472. The van der Waals surface area contributed by atoms with Crippen molar-refractivity contribution in [3.05, 3.63) is 53.6 Å². The Morgan fingerprint density at radius 1 is 1.05 bits per heavy atom. The quantitative estimate of drug-likeness (QED) is 0.856. The molecule has 0 atom stereocenters. The molecule has 0 aliphatic carbocycles. The number of hydrogen-bond acceptors (Lipinski definition) is 3. The summed E-state index contributed by atoms with van der Waals surface area (Å²) < 4.78 is 52.9. The molecule has 0 aliphatic heterocycles. The van der Waals surface area contributed by atoms with Crippen LogP contribution in [0.15, 0.2) is 41.3 Å². The highest BCUT2D eigenvalue weighted by atomic mass is 32.2. The van der Waals surface area contributed by atoms with E-state index in [1.165, 1.54) is 18.2 Å². The first-order chi connectivity index (χ1) is 9.29. The average molecular weight is 298 g/mol. The van der Waals surface area contributed by atoms with Gasteiger partial charge in [0.25, 0.3) is 10.0 Å². The van der Waals surface area contributed by atoms with Gasteiger partial charge in [0.15, 0.2) is 0 Å². The Morgan fingerprint density at radius 3 is 2.35 bits per heavy atom. The van der Waals surface area contributed by atoms with Crippen molar-refractivity contribution in [2.75, 3.05) is 10.5 Å². The predicted octanol–water partition coefficient (Wildman–Crippen LogP) is 2.66. The highest BCUT2D eigenvalue weighted by Crippen LogP contribution is 2.22. The van der Waals surface area contributed by atoms with Crippen molar-refractivity contribution in [1.29, 1.82) is 0 Å². The lowest BCUT2D eigenvalue weighted by atomic mass is 10.2. The zero-order valence-electron chi connectivity index (χ0n) is 10.5. The second-order valence-electron chi connectivity index (χ2n) is 4.28. The molecule has 4 nitrogen and oxygen atoms in total. The first-order valence-electron chi connectivity index (χ1n) is 5.63. The molecule has 0 aliphatic rings. The smallest absolute Gasteiger partial charge is 0.264 e. The van der Waals surface area contributed by atoms with Crippen LogP contribution in [0.25, 0.3) is 0 Å². The van der Waals surface area contributed by atoms with Crippen LogP contribution in [0.3, 0.4) is 0 Å². The minimum Gasteiger partial charge on any atom is -0.396 e. The van der Waals surface area contributed by atoms with Gasteiger partial charge in [-0.05, 0) is 42.8 Å². The molecule has 0 aromatic heterocycles. The molecule has 2 aromatic rings. The van der Waals surface area contributed by atoms with E-state index in [9.17, 15) is 17.2 Å². The van der Waals surface area contributed by atoms with Crippen LogP contribution in [0.2, 0.25) is 0 Å². The van der Waals surface area contributed by atoms with Gasteiger partial charge < -0.3 is 5.73 Å². The van der Waals surface area contributed by atoms with Crippen molar-refractivity contribution >= 4 is 21.4 Å². The predicted molar refractivity (Wildman–Crippen MR) is 72.8 cm³/mol. The minimum atomic E-state index is -4.10. The molecule has 0 saturated heterocycles. The van der Waals surface area contributed by atoms with Gasteiger partial charge in [0, 0.05) is 0 Å². The standard InChI is InChI=1S/C13H12F2N2O2S/c1-8-2-4-11(15)13(6-8)20(18,19)17-9-3-5-10(14)12(16)7-9/h2-7,17H,16H2,1H3. The van der Waals surface area contributed by atoms with Crippen LogP contribution in [0.4, 0.5) is 20.2 Å². The van der Waals surface area contributed by atoms with Gasteiger partial charge in [0.1, 0.15) is 16.5 Å². The highest BCUT2D eigenvalue weighted by molar-refractivity contribution is 7.92. The number of nitrogens with two attached hydrogens (primary N) is 1. The van der Waals surface area contributed by atoms with E-state index in [2.05, 4.69) is 4.72 Å². The molecule has 0 amide bonds. The third-order valence-corrected chi connectivity index (χ3v) is 4.02. The SMILES string of the molecule is Cc1ccc(F)c(S(=O)(=O)Nc2ccc(F)c(N)c2)c1. The molecule has 0 heterocycles. The fourth-order valence-electron chi connectivity index (χ4n) is 1.63. The van der Waals surface area contributed by atoms with Gasteiger partial charge in [0.05, 0.1) is 11.4 Å². The molecule has 0 saturated carbocycles. The van der Waals surface area contributed by atoms with Gasteiger partial charge in [-0.1, -0.05) is 6.07 Å². The van der Waals surface area contributed by atoms with Crippen LogP contribution >= 0.6 is 0 Å². The van der Waals surface area contributed by atoms with Crippen LogP contribution in [0.1, 0.15) is 5.56 Å². The number of benzene rings is 2. The zero-order valence-corrected chi connectivity index (χ0v) is 11.3. The summed E-state index contributed by atoms with van der Waals surface area (Å²) in [5, 5.41) is 0. The minimum absolute atomic E-state index is 0.0600. The Balaban J connectivity index is 2.40. The summed E-state index contributed by atoms with van der Waals surface area (Å²) >= 11 is 0. The van der Waals surface area contributed by atoms with Crippen LogP contribution in [-0.2, 0) is 10.0 Å². The molecule has 0 unspecified atom stereocenters. The lowest BCUT2D eigenvalue weighted by Gasteiger charge is -2.10. The summed E-state index contributed by atoms with van der Waals surface area (Å²) in [6.07, 6.45) is 0. The van der Waals surface area contributed by atoms with Gasteiger partial charge in [-0.25, -0.2) is 17.2 Å². The number of halogens is 2. The lowest BCUT2D eigenvalue weighted by Crippen LogP contribution is -2.15. The number of nitrogens with one attached hydrogen (secondary N) is 1. The summed E-state index contributed by atoms with van der Waals surface area (Å²) in [5.41, 5.74) is 5.81. The molecule has 2 rings (SSSR count). The van der Waals surface area contributed by atoms with Crippen molar-refractivity contribution in [2.24, 2.45) is 0 Å². The van der Waals surface area contributed by atoms with E-state index >= 15 is 0 Å². The number of anilines is 2. The zero-order chi connectivity index (χ0) is 14.9. The van der Waals surface area contributed by atoms with Crippen LogP contribution < -0.4 is 10.5 Å². The second kappa shape index (κ2) is 5.09. The van der Waals surface area contributed by atoms with E-state index in [0.717, 1.165) is 18.2 Å². The Morgan fingerprint density at radius 2 is 1.70 bits per heavy atom. The summed E-state index contributed by atoms with van der Waals surface area (Å²) in [6.45, 7) is 1.65. The Hall–Kier alpha value is -2.15. The monoisotopic (exact) mass is 298 g/mol. The Labute approximate surface area is 115 Å². The van der Waals surface area contributed by atoms with Crippen LogP contribution in [0, 0.1) is 18.6 Å². The van der Waals surface area contributed by atoms with Gasteiger partial charge in [-0.2, -0.15) is 0 Å². The molecule has 0 radical (unpaired) electrons. The van der Waals surface area contributed by atoms with Crippen LogP contribution in [-0.4, -0.2) is 8.42 Å². The lowest BCUT2D eigenvalue weighted by molar-refractivity contribution is 0.569. The van der Waals surface area contributed by atoms with E-state index in [1.807, 2.05) is 0 Å². The third kappa shape index (κ3) is 2.88. The molecule has 20 heavy (non-hydrogen) atoms. The van der Waals surface area contributed by atoms with Crippen molar-refractivity contribution < 1.29 is 17.2 Å². The second-order valence-corrected chi connectivity index (χ2v) is 5.93. The van der Waals surface area contributed by atoms with Crippen molar-refractivity contribution in [3.63, 3.8) is 0 Å². The van der Waals surface area contributed by atoms with Crippen molar-refractivity contribution in [3.8, 4) is 0 Å². The van der Waals surface area contributed by atoms with Gasteiger partial charge >= 0.3 is 0 Å². The summed E-state index contributed by atoms with van der Waals surface area (Å²) in [7, 11) is -4.10. The first kappa shape index (κ1) is 14.3. The topological polar surface area (TPSA) is 72.2 Å². The number of nitrogen functional groups attached to an aromatic ring is 1. The largest absolute Gasteiger partial charge is 0.396 e. The fraction of sp³-hybridized carbons (Fsp3) is 0.0769. The van der Waals surface area contributed by atoms with E-state index in [0.29, 0.717) is 5.56 Å². The number of hydrogen-bond donors (Lipinski definition) is 2. The van der Waals surface area contributed by atoms with E-state index in [1.54, 1.807) is 6.92 Å². The summed E-state index contributed by atoms with van der Waals surface area (Å²) in [6, 6.07) is 7.11. The van der Waals surface area contributed by atoms with Gasteiger partial charge in [0.2, 0.25) is 0 Å². The number of aryl methyl sites for hydroxylation is 1. The maximum atomic E-state index is 13.6. The molecule has 106 valence electrons. The maximum Gasteiger partial charge on any atom is 0.264 e. The highest BCUT2D eigenvalue weighted by Gasteiger charge is 2.19. The molecular weight excluding hydrogens is 286 g/mol. The summed E-state index contributed by atoms with van der Waals surface area (Å²) in [5.74, 6) is -1.52. The number of sulfonamides is 1. The normalized spacial score (nSPS) is 11.3. The maximum absolute atomic E-state index is 13.6. The molecule has 7 heteroatoms. The van der Waals surface area contributed by atoms with Crippen molar-refractivity contribution in [2.45, 2.75) is 11.8 Å². The fourth-order valence-corrected chi connectivity index (χ4v) is 2.85.